The Morgan fingerprint density at radius 3 is 2.75 bits per heavy atom. The number of nitrogens with one attached hydrogen (secondary N) is 1. The first-order valence-corrected chi connectivity index (χ1v) is 5.71. The second-order valence-electron chi connectivity index (χ2n) is 4.78. The molecule has 1 fully saturated rings. The van der Waals surface area contributed by atoms with Crippen molar-refractivity contribution in [3.63, 3.8) is 0 Å². The normalized spacial score (nSPS) is 21.3. The van der Waals surface area contributed by atoms with Gasteiger partial charge in [-0.05, 0) is 12.3 Å². The van der Waals surface area contributed by atoms with Gasteiger partial charge in [-0.2, -0.15) is 0 Å². The monoisotopic (exact) mass is 228 g/mol. The number of carboxylic acids is 1. The first kappa shape index (κ1) is 13.0. The van der Waals surface area contributed by atoms with Crippen LogP contribution < -0.4 is 5.32 Å². The summed E-state index contributed by atoms with van der Waals surface area (Å²) in [5.74, 6) is -0.386. The number of amides is 1. The third-order valence-corrected chi connectivity index (χ3v) is 2.59. The molecule has 0 aromatic carbocycles. The highest BCUT2D eigenvalue weighted by Crippen LogP contribution is 2.09. The van der Waals surface area contributed by atoms with Gasteiger partial charge < -0.3 is 10.4 Å². The van der Waals surface area contributed by atoms with Gasteiger partial charge in [0.25, 0.3) is 0 Å². The molecule has 0 saturated carbocycles. The fourth-order valence-electron chi connectivity index (χ4n) is 1.94. The summed E-state index contributed by atoms with van der Waals surface area (Å²) >= 11 is 0. The van der Waals surface area contributed by atoms with E-state index in [2.05, 4.69) is 5.32 Å². The fraction of sp³-hybridized carbons (Fsp3) is 0.818. The van der Waals surface area contributed by atoms with Crippen LogP contribution in [-0.4, -0.2) is 47.6 Å². The Bertz CT molecular complexity index is 266. The first-order valence-electron chi connectivity index (χ1n) is 5.71. The molecule has 1 atom stereocenters. The number of aliphatic carboxylic acids is 1. The second kappa shape index (κ2) is 5.84. The van der Waals surface area contributed by atoms with Crippen LogP contribution >= 0.6 is 0 Å². The second-order valence-corrected chi connectivity index (χ2v) is 4.78. The van der Waals surface area contributed by atoms with Crippen LogP contribution in [-0.2, 0) is 9.59 Å². The number of carbonyl (C=O) groups is 2. The van der Waals surface area contributed by atoms with Gasteiger partial charge in [0.05, 0.1) is 6.54 Å². The van der Waals surface area contributed by atoms with E-state index in [0.29, 0.717) is 18.9 Å². The van der Waals surface area contributed by atoms with Crippen molar-refractivity contribution in [1.29, 1.82) is 0 Å². The van der Waals surface area contributed by atoms with Crippen LogP contribution in [0.15, 0.2) is 0 Å². The lowest BCUT2D eigenvalue weighted by Gasteiger charge is -2.15. The molecule has 5 heteroatoms. The van der Waals surface area contributed by atoms with Gasteiger partial charge in [0, 0.05) is 25.6 Å². The average molecular weight is 228 g/mol. The Kier molecular flexibility index (Phi) is 4.73. The van der Waals surface area contributed by atoms with Gasteiger partial charge in [-0.15, -0.1) is 0 Å². The van der Waals surface area contributed by atoms with Crippen LogP contribution in [0, 0.1) is 5.92 Å². The topological polar surface area (TPSA) is 69.6 Å². The minimum atomic E-state index is -0.811. The lowest BCUT2D eigenvalue weighted by atomic mass is 10.1. The molecule has 2 N–H and O–H groups in total. The van der Waals surface area contributed by atoms with Crippen molar-refractivity contribution in [2.75, 3.05) is 19.6 Å². The minimum Gasteiger partial charge on any atom is -0.480 e. The number of carbonyl (C=O) groups excluding carboxylic acids is 1. The van der Waals surface area contributed by atoms with Crippen molar-refractivity contribution in [1.82, 2.24) is 10.2 Å². The van der Waals surface area contributed by atoms with Gasteiger partial charge in [-0.3, -0.25) is 14.5 Å². The van der Waals surface area contributed by atoms with Gasteiger partial charge in [-0.1, -0.05) is 13.8 Å². The van der Waals surface area contributed by atoms with Gasteiger partial charge in [0.1, 0.15) is 0 Å². The van der Waals surface area contributed by atoms with Crippen molar-refractivity contribution in [2.45, 2.75) is 32.7 Å². The maximum atomic E-state index is 11.5. The predicted molar refractivity (Wildman–Crippen MR) is 60.1 cm³/mol. The standard InChI is InChI=1S/C11H20N2O3/c1-8(2)5-10(14)12-9-3-4-13(6-9)7-11(15)16/h8-9H,3-7H2,1-2H3,(H,12,14)(H,15,16)/t9-/m1/s1. The molecule has 92 valence electrons. The highest BCUT2D eigenvalue weighted by Gasteiger charge is 2.24. The van der Waals surface area contributed by atoms with Crippen molar-refractivity contribution >= 4 is 11.9 Å². The van der Waals surface area contributed by atoms with E-state index >= 15 is 0 Å². The van der Waals surface area contributed by atoms with Gasteiger partial charge >= 0.3 is 5.97 Å². The largest absolute Gasteiger partial charge is 0.480 e. The number of nitrogens with zero attached hydrogens (tertiary/aromatic N) is 1. The van der Waals surface area contributed by atoms with Crippen LogP contribution in [0.3, 0.4) is 0 Å². The summed E-state index contributed by atoms with van der Waals surface area (Å²) in [6.07, 6.45) is 1.38. The first-order chi connectivity index (χ1) is 7.47. The van der Waals surface area contributed by atoms with Crippen molar-refractivity contribution in [3.8, 4) is 0 Å². The Hall–Kier alpha value is -1.10. The average Bonchev–Trinajstić information content (AvgIpc) is 2.49. The molecule has 0 unspecified atom stereocenters. The quantitative estimate of drug-likeness (QED) is 0.710. The molecular weight excluding hydrogens is 208 g/mol. The lowest BCUT2D eigenvalue weighted by Crippen LogP contribution is -2.38. The van der Waals surface area contributed by atoms with Crippen LogP contribution in [0.4, 0.5) is 0 Å². The molecule has 0 aromatic heterocycles. The van der Waals surface area contributed by atoms with E-state index in [4.69, 9.17) is 5.11 Å². The number of hydrogen-bond donors (Lipinski definition) is 2. The molecule has 1 heterocycles. The molecule has 0 radical (unpaired) electrons. The molecule has 1 aliphatic heterocycles. The van der Waals surface area contributed by atoms with Gasteiger partial charge in [0.15, 0.2) is 0 Å². The highest BCUT2D eigenvalue weighted by molar-refractivity contribution is 5.76. The zero-order valence-electron chi connectivity index (χ0n) is 9.90. The van der Waals surface area contributed by atoms with E-state index in [1.54, 1.807) is 0 Å². The SMILES string of the molecule is CC(C)CC(=O)N[C@@H]1CCN(CC(=O)O)C1. The predicted octanol–water partition coefficient (Wildman–Crippen LogP) is 0.308. The maximum Gasteiger partial charge on any atom is 0.317 e. The number of likely N-dealkylation sites (tertiary alicyclic amines) is 1. The lowest BCUT2D eigenvalue weighted by molar-refractivity contribution is -0.138. The molecule has 0 aliphatic carbocycles. The molecule has 1 saturated heterocycles. The fourth-order valence-corrected chi connectivity index (χ4v) is 1.94. The van der Waals surface area contributed by atoms with Crippen molar-refractivity contribution in [2.24, 2.45) is 5.92 Å². The van der Waals surface area contributed by atoms with E-state index in [9.17, 15) is 9.59 Å². The van der Waals surface area contributed by atoms with E-state index < -0.39 is 5.97 Å². The minimum absolute atomic E-state index is 0.0660. The smallest absolute Gasteiger partial charge is 0.317 e. The van der Waals surface area contributed by atoms with E-state index in [-0.39, 0.29) is 18.5 Å². The molecular formula is C11H20N2O3. The van der Waals surface area contributed by atoms with Crippen molar-refractivity contribution in [3.05, 3.63) is 0 Å². The Morgan fingerprint density at radius 2 is 2.19 bits per heavy atom. The molecule has 0 spiro atoms. The summed E-state index contributed by atoms with van der Waals surface area (Å²) < 4.78 is 0. The maximum absolute atomic E-state index is 11.5. The molecule has 1 aliphatic rings. The summed E-state index contributed by atoms with van der Waals surface area (Å²) in [4.78, 5) is 23.8. The summed E-state index contributed by atoms with van der Waals surface area (Å²) in [7, 11) is 0. The zero-order valence-corrected chi connectivity index (χ0v) is 9.90. The third-order valence-electron chi connectivity index (χ3n) is 2.59. The highest BCUT2D eigenvalue weighted by atomic mass is 16.4. The molecule has 0 bridgehead atoms. The van der Waals surface area contributed by atoms with E-state index in [0.717, 1.165) is 13.0 Å². The summed E-state index contributed by atoms with van der Waals surface area (Å²) in [5.41, 5.74) is 0. The number of rotatable bonds is 5. The number of carboxylic acid groups (broad SMARTS) is 1. The zero-order chi connectivity index (χ0) is 12.1. The van der Waals surface area contributed by atoms with Crippen LogP contribution in [0.2, 0.25) is 0 Å². The molecule has 5 nitrogen and oxygen atoms in total. The van der Waals surface area contributed by atoms with Gasteiger partial charge in [0.2, 0.25) is 5.91 Å². The summed E-state index contributed by atoms with van der Waals surface area (Å²) in [6.45, 7) is 5.47. The van der Waals surface area contributed by atoms with E-state index in [1.807, 2.05) is 18.7 Å². The van der Waals surface area contributed by atoms with Crippen LogP contribution in [0.1, 0.15) is 26.7 Å². The van der Waals surface area contributed by atoms with E-state index in [1.165, 1.54) is 0 Å². The Labute approximate surface area is 95.8 Å². The summed E-state index contributed by atoms with van der Waals surface area (Å²) in [5, 5.41) is 11.6. The van der Waals surface area contributed by atoms with Crippen LogP contribution in [0.5, 0.6) is 0 Å². The molecule has 0 aromatic rings. The van der Waals surface area contributed by atoms with Crippen LogP contribution in [0.25, 0.3) is 0 Å². The Morgan fingerprint density at radius 1 is 1.50 bits per heavy atom. The Balaban J connectivity index is 2.25. The van der Waals surface area contributed by atoms with Crippen molar-refractivity contribution < 1.29 is 14.7 Å². The number of hydrogen-bond acceptors (Lipinski definition) is 3. The molecule has 1 amide bonds. The molecule has 1 rings (SSSR count). The summed E-state index contributed by atoms with van der Waals surface area (Å²) in [6, 6.07) is 0.116. The molecule has 16 heavy (non-hydrogen) atoms. The third kappa shape index (κ3) is 4.61. The van der Waals surface area contributed by atoms with Gasteiger partial charge in [-0.25, -0.2) is 0 Å².